The topological polar surface area (TPSA) is 41.5 Å². The van der Waals surface area contributed by atoms with Crippen molar-refractivity contribution in [1.82, 2.24) is 5.43 Å². The van der Waals surface area contributed by atoms with E-state index in [9.17, 15) is 18.0 Å². The molecular formula is C18H16ClF3N2OS. The number of halogens is 4. The van der Waals surface area contributed by atoms with Crippen LogP contribution < -0.4 is 5.43 Å². The lowest BCUT2D eigenvalue weighted by atomic mass is 10.1. The lowest BCUT2D eigenvalue weighted by molar-refractivity contribution is -0.137. The van der Waals surface area contributed by atoms with E-state index >= 15 is 0 Å². The van der Waals surface area contributed by atoms with Gasteiger partial charge in [0.15, 0.2) is 0 Å². The van der Waals surface area contributed by atoms with Crippen LogP contribution in [-0.4, -0.2) is 17.9 Å². The van der Waals surface area contributed by atoms with Gasteiger partial charge in [0, 0.05) is 9.92 Å². The number of nitrogens with zero attached hydrogens (tertiary/aromatic N) is 1. The summed E-state index contributed by atoms with van der Waals surface area (Å²) >= 11 is 7.59. The summed E-state index contributed by atoms with van der Waals surface area (Å²) in [5, 5.41) is 4.33. The standard InChI is InChI=1S/C18H16ClF3N2OS/c1-2-26-16-8-7-15(19)9-13(16)10-17(25)24-23-11-12-3-5-14(6-4-12)18(20,21)22/h3-9,11H,2,10H2,1H3,(H,24,25)/b23-11-. The first kappa shape index (κ1) is 20.3. The first-order chi connectivity index (χ1) is 12.3. The van der Waals surface area contributed by atoms with Crippen molar-refractivity contribution < 1.29 is 18.0 Å². The number of nitrogens with one attached hydrogen (secondary N) is 1. The van der Waals surface area contributed by atoms with Crippen molar-refractivity contribution in [2.45, 2.75) is 24.4 Å². The molecular weight excluding hydrogens is 385 g/mol. The lowest BCUT2D eigenvalue weighted by Gasteiger charge is -2.08. The van der Waals surface area contributed by atoms with Gasteiger partial charge >= 0.3 is 6.18 Å². The van der Waals surface area contributed by atoms with Gasteiger partial charge in [-0.15, -0.1) is 11.8 Å². The first-order valence-electron chi connectivity index (χ1n) is 7.70. The predicted octanol–water partition coefficient (Wildman–Crippen LogP) is 5.16. The molecule has 2 aromatic rings. The van der Waals surface area contributed by atoms with Crippen molar-refractivity contribution in [3.05, 3.63) is 64.2 Å². The second kappa shape index (κ2) is 9.09. The fraction of sp³-hybridized carbons (Fsp3) is 0.222. The predicted molar refractivity (Wildman–Crippen MR) is 98.7 cm³/mol. The third-order valence-electron chi connectivity index (χ3n) is 3.31. The third-order valence-corrected chi connectivity index (χ3v) is 4.55. The van der Waals surface area contributed by atoms with Gasteiger partial charge in [-0.25, -0.2) is 5.43 Å². The van der Waals surface area contributed by atoms with E-state index in [1.807, 2.05) is 13.0 Å². The fourth-order valence-electron chi connectivity index (χ4n) is 2.13. The van der Waals surface area contributed by atoms with E-state index in [4.69, 9.17) is 11.6 Å². The number of carbonyl (C=O) groups excluding carboxylic acids is 1. The summed E-state index contributed by atoms with van der Waals surface area (Å²) in [7, 11) is 0. The maximum atomic E-state index is 12.5. The number of hydrazone groups is 1. The van der Waals surface area contributed by atoms with E-state index in [0.717, 1.165) is 28.3 Å². The summed E-state index contributed by atoms with van der Waals surface area (Å²) in [6.45, 7) is 2.01. The molecule has 3 nitrogen and oxygen atoms in total. The van der Waals surface area contributed by atoms with Gasteiger partial charge in [-0.1, -0.05) is 30.7 Å². The van der Waals surface area contributed by atoms with Gasteiger partial charge in [-0.05, 0) is 47.2 Å². The number of rotatable bonds is 6. The quantitative estimate of drug-likeness (QED) is 0.413. The average molecular weight is 401 g/mol. The lowest BCUT2D eigenvalue weighted by Crippen LogP contribution is -2.20. The van der Waals surface area contributed by atoms with E-state index in [2.05, 4.69) is 10.5 Å². The van der Waals surface area contributed by atoms with Crippen LogP contribution in [-0.2, 0) is 17.4 Å². The van der Waals surface area contributed by atoms with Crippen molar-refractivity contribution >= 4 is 35.5 Å². The molecule has 0 heterocycles. The molecule has 26 heavy (non-hydrogen) atoms. The molecule has 0 saturated carbocycles. The summed E-state index contributed by atoms with van der Waals surface area (Å²) < 4.78 is 37.5. The van der Waals surface area contributed by atoms with Crippen LogP contribution in [0.25, 0.3) is 0 Å². The van der Waals surface area contributed by atoms with Crippen LogP contribution in [0.15, 0.2) is 52.5 Å². The summed E-state index contributed by atoms with van der Waals surface area (Å²) in [4.78, 5) is 13.0. The maximum absolute atomic E-state index is 12.5. The van der Waals surface area contributed by atoms with E-state index in [1.54, 1.807) is 23.9 Å². The zero-order valence-corrected chi connectivity index (χ0v) is 15.4. The highest BCUT2D eigenvalue weighted by Crippen LogP contribution is 2.29. The molecule has 2 rings (SSSR count). The number of carbonyl (C=O) groups is 1. The van der Waals surface area contributed by atoms with Gasteiger partial charge in [0.05, 0.1) is 18.2 Å². The Hall–Kier alpha value is -1.99. The highest BCUT2D eigenvalue weighted by molar-refractivity contribution is 7.99. The van der Waals surface area contributed by atoms with Gasteiger partial charge in [0.25, 0.3) is 0 Å². The second-order valence-corrected chi connectivity index (χ2v) is 7.02. The molecule has 0 spiro atoms. The van der Waals surface area contributed by atoms with Crippen LogP contribution in [0.3, 0.4) is 0 Å². The van der Waals surface area contributed by atoms with Crippen LogP contribution in [0.2, 0.25) is 5.02 Å². The molecule has 0 bridgehead atoms. The molecule has 0 unspecified atom stereocenters. The minimum absolute atomic E-state index is 0.104. The maximum Gasteiger partial charge on any atom is 0.416 e. The van der Waals surface area contributed by atoms with Crippen molar-refractivity contribution in [1.29, 1.82) is 0 Å². The third kappa shape index (κ3) is 6.07. The highest BCUT2D eigenvalue weighted by Gasteiger charge is 2.29. The monoisotopic (exact) mass is 400 g/mol. The average Bonchev–Trinajstić information content (AvgIpc) is 2.57. The Morgan fingerprint density at radius 1 is 1.23 bits per heavy atom. The van der Waals surface area contributed by atoms with Gasteiger partial charge in [0.1, 0.15) is 0 Å². The summed E-state index contributed by atoms with van der Waals surface area (Å²) in [6.07, 6.45) is -2.99. The molecule has 138 valence electrons. The van der Waals surface area contributed by atoms with Crippen LogP contribution in [0.5, 0.6) is 0 Å². The Bertz CT molecular complexity index is 792. The van der Waals surface area contributed by atoms with E-state index in [1.165, 1.54) is 18.3 Å². The van der Waals surface area contributed by atoms with Gasteiger partial charge in [-0.2, -0.15) is 18.3 Å². The summed E-state index contributed by atoms with van der Waals surface area (Å²) in [5.74, 6) is 0.524. The van der Waals surface area contributed by atoms with E-state index in [0.29, 0.717) is 10.6 Å². The van der Waals surface area contributed by atoms with E-state index < -0.39 is 11.7 Å². The normalized spacial score (nSPS) is 11.7. The van der Waals surface area contributed by atoms with Crippen molar-refractivity contribution in [2.24, 2.45) is 5.10 Å². The summed E-state index contributed by atoms with van der Waals surface area (Å²) in [6, 6.07) is 9.86. The SMILES string of the molecule is CCSc1ccc(Cl)cc1CC(=O)N/N=C\c1ccc(C(F)(F)F)cc1. The number of benzene rings is 2. The zero-order chi connectivity index (χ0) is 19.2. The molecule has 2 aromatic carbocycles. The Morgan fingerprint density at radius 2 is 1.92 bits per heavy atom. The molecule has 0 aromatic heterocycles. The summed E-state index contributed by atoms with van der Waals surface area (Å²) in [5.41, 5.74) is 2.88. The molecule has 0 aliphatic heterocycles. The van der Waals surface area contributed by atoms with Gasteiger partial charge in [-0.3, -0.25) is 4.79 Å². The van der Waals surface area contributed by atoms with Crippen molar-refractivity contribution in [2.75, 3.05) is 5.75 Å². The Balaban J connectivity index is 1.96. The minimum Gasteiger partial charge on any atom is -0.273 e. The molecule has 0 radical (unpaired) electrons. The molecule has 1 N–H and O–H groups in total. The van der Waals surface area contributed by atoms with Crippen molar-refractivity contribution in [3.8, 4) is 0 Å². The Kier molecular flexibility index (Phi) is 7.11. The smallest absolute Gasteiger partial charge is 0.273 e. The Morgan fingerprint density at radius 3 is 2.54 bits per heavy atom. The van der Waals surface area contributed by atoms with Crippen LogP contribution >= 0.6 is 23.4 Å². The molecule has 0 fully saturated rings. The molecule has 0 atom stereocenters. The minimum atomic E-state index is -4.38. The number of hydrogen-bond donors (Lipinski definition) is 1. The number of alkyl halides is 3. The molecule has 0 saturated heterocycles. The molecule has 0 aliphatic carbocycles. The van der Waals surface area contributed by atoms with Crippen LogP contribution in [0.4, 0.5) is 13.2 Å². The zero-order valence-electron chi connectivity index (χ0n) is 13.8. The molecule has 8 heteroatoms. The first-order valence-corrected chi connectivity index (χ1v) is 9.06. The van der Waals surface area contributed by atoms with Crippen LogP contribution in [0, 0.1) is 0 Å². The highest BCUT2D eigenvalue weighted by atomic mass is 35.5. The number of hydrogen-bond acceptors (Lipinski definition) is 3. The second-order valence-electron chi connectivity index (χ2n) is 5.27. The number of thioether (sulfide) groups is 1. The van der Waals surface area contributed by atoms with Gasteiger partial charge < -0.3 is 0 Å². The van der Waals surface area contributed by atoms with E-state index in [-0.39, 0.29) is 12.3 Å². The van der Waals surface area contributed by atoms with Gasteiger partial charge in [0.2, 0.25) is 5.91 Å². The largest absolute Gasteiger partial charge is 0.416 e. The fourth-order valence-corrected chi connectivity index (χ4v) is 3.12. The number of amides is 1. The van der Waals surface area contributed by atoms with Crippen molar-refractivity contribution in [3.63, 3.8) is 0 Å². The Labute approximate surface area is 158 Å². The molecule has 0 aliphatic rings. The molecule has 1 amide bonds. The van der Waals surface area contributed by atoms with Crippen LogP contribution in [0.1, 0.15) is 23.6 Å².